The number of hydrogen-bond donors (Lipinski definition) is 3. The lowest BCUT2D eigenvalue weighted by Crippen LogP contribution is -2.43. The van der Waals surface area contributed by atoms with Gasteiger partial charge in [0.2, 0.25) is 0 Å². The first kappa shape index (κ1) is 37.7. The third-order valence-electron chi connectivity index (χ3n) is 9.41. The van der Waals surface area contributed by atoms with Crippen LogP contribution >= 0.6 is 0 Å². The van der Waals surface area contributed by atoms with Gasteiger partial charge in [0.05, 0.1) is 11.2 Å². The van der Waals surface area contributed by atoms with Crippen LogP contribution in [0.1, 0.15) is 97.0 Å². The zero-order valence-electron chi connectivity index (χ0n) is 30.7. The Morgan fingerprint density at radius 2 is 1.70 bits per heavy atom. The van der Waals surface area contributed by atoms with Crippen LogP contribution in [0.2, 0.25) is 0 Å². The fourth-order valence-corrected chi connectivity index (χ4v) is 6.67. The summed E-state index contributed by atoms with van der Waals surface area (Å²) in [7, 11) is 2.19. The molecule has 1 aliphatic carbocycles. The smallest absolute Gasteiger partial charge is 0.112 e. The first-order valence-electron chi connectivity index (χ1n) is 17.8. The molecule has 1 aromatic rings. The highest BCUT2D eigenvalue weighted by Crippen LogP contribution is 2.33. The Bertz CT molecular complexity index is 1430. The number of aromatic nitrogens is 1. The van der Waals surface area contributed by atoms with Crippen LogP contribution in [0.3, 0.4) is 0 Å². The molecule has 1 saturated heterocycles. The Morgan fingerprint density at radius 3 is 2.30 bits per heavy atom. The van der Waals surface area contributed by atoms with Crippen LogP contribution in [0, 0.1) is 12.8 Å². The Kier molecular flexibility index (Phi) is 14.4. The topological polar surface area (TPSA) is 58.7 Å². The summed E-state index contributed by atoms with van der Waals surface area (Å²) in [6.07, 6.45) is 22.4. The molecule has 1 saturated carbocycles. The monoisotopic (exact) mass is 639 g/mol. The minimum absolute atomic E-state index is 0.337. The Hall–Kier alpha value is -3.77. The van der Waals surface area contributed by atoms with E-state index < -0.39 is 0 Å². The molecule has 0 spiro atoms. The normalized spacial score (nSPS) is 20.7. The number of aromatic amines is 1. The van der Waals surface area contributed by atoms with Gasteiger partial charge in [0.25, 0.3) is 0 Å². The van der Waals surface area contributed by atoms with E-state index in [1.807, 2.05) is 26.0 Å². The van der Waals surface area contributed by atoms with E-state index in [9.17, 15) is 0 Å². The largest absolute Gasteiger partial charge is 0.368 e. The van der Waals surface area contributed by atoms with Crippen LogP contribution in [0.4, 0.5) is 0 Å². The standard InChI is InChI=1S/C39H56N6.C2H6/c1-10-17-37(45-22-20-44(9)21-23-45)34-27-36(41-29(34)6)38-35(39(7,8)43-42-38)26-32(12-3)31(11-2)25-33(13-4)40-28(5)24-30-18-15-14-16-19-30;1-2/h10-13,17,25-27,30,40-41,43H,1,4-5,14-16,18-24H2,2-3,6-9H3;1-2H3/b31-11+,32-12+,33-25+,35-26-,37-17+;. The maximum absolute atomic E-state index is 4.87. The molecule has 6 nitrogen and oxygen atoms in total. The fraction of sp³-hybridized carbons (Fsp3) is 0.488. The van der Waals surface area contributed by atoms with Crippen LogP contribution in [0.5, 0.6) is 0 Å². The lowest BCUT2D eigenvalue weighted by Gasteiger charge is -2.35. The number of piperazine rings is 1. The predicted octanol–water partition coefficient (Wildman–Crippen LogP) is 9.17. The highest BCUT2D eigenvalue weighted by atomic mass is 15.4. The minimum Gasteiger partial charge on any atom is -0.368 e. The van der Waals surface area contributed by atoms with Crippen molar-refractivity contribution in [3.8, 4) is 0 Å². The van der Waals surface area contributed by atoms with Crippen molar-refractivity contribution in [3.05, 3.63) is 113 Å². The first-order valence-corrected chi connectivity index (χ1v) is 17.8. The molecular formula is C41H62N6. The summed E-state index contributed by atoms with van der Waals surface area (Å²) in [4.78, 5) is 8.52. The number of H-pyrrole nitrogens is 1. The van der Waals surface area contributed by atoms with Crippen molar-refractivity contribution in [3.63, 3.8) is 0 Å². The maximum atomic E-state index is 4.87. The van der Waals surface area contributed by atoms with E-state index >= 15 is 0 Å². The van der Waals surface area contributed by atoms with Crippen molar-refractivity contribution in [2.45, 2.75) is 92.5 Å². The molecule has 0 atom stereocenters. The Morgan fingerprint density at radius 1 is 1.04 bits per heavy atom. The van der Waals surface area contributed by atoms with E-state index in [-0.39, 0.29) is 5.54 Å². The number of rotatable bonds is 12. The molecule has 0 radical (unpaired) electrons. The molecule has 6 heteroatoms. The Labute approximate surface area is 286 Å². The highest BCUT2D eigenvalue weighted by molar-refractivity contribution is 6.14. The van der Waals surface area contributed by atoms with E-state index in [1.54, 1.807) is 0 Å². The van der Waals surface area contributed by atoms with Gasteiger partial charge < -0.3 is 20.1 Å². The number of nitrogens with one attached hydrogen (secondary N) is 3. The molecule has 2 aliphatic heterocycles. The van der Waals surface area contributed by atoms with Gasteiger partial charge in [-0.2, -0.15) is 5.10 Å². The molecule has 3 aliphatic rings. The zero-order chi connectivity index (χ0) is 34.6. The summed E-state index contributed by atoms with van der Waals surface area (Å²) in [6, 6.07) is 2.25. The number of allylic oxidation sites excluding steroid dienone is 10. The molecule has 0 aromatic carbocycles. The van der Waals surface area contributed by atoms with E-state index in [2.05, 4.69) is 123 Å². The van der Waals surface area contributed by atoms with Crippen LogP contribution in [-0.4, -0.2) is 59.3 Å². The number of hydrazone groups is 1. The van der Waals surface area contributed by atoms with Gasteiger partial charge in [0.1, 0.15) is 5.71 Å². The van der Waals surface area contributed by atoms with Gasteiger partial charge >= 0.3 is 0 Å². The predicted molar refractivity (Wildman–Crippen MR) is 205 cm³/mol. The number of likely N-dealkylation sites (N-methyl/N-ethyl adjacent to an activating group) is 1. The first-order chi connectivity index (χ1) is 22.6. The van der Waals surface area contributed by atoms with Crippen molar-refractivity contribution in [2.24, 2.45) is 11.0 Å². The van der Waals surface area contributed by atoms with Gasteiger partial charge in [0, 0.05) is 60.1 Å². The third-order valence-corrected chi connectivity index (χ3v) is 9.41. The molecule has 3 N–H and O–H groups in total. The van der Waals surface area contributed by atoms with Crippen molar-refractivity contribution in [2.75, 3.05) is 33.2 Å². The SMILES string of the molecule is C=C/C=C(\c1cc(C2=NNC(C)(C)\C2=C/C(=C\C)C(/C=C(\C=C)NC(=C)CC2CCCCC2)=C/C)[nH]c1C)N1CCN(C)CC1.CC. The van der Waals surface area contributed by atoms with Gasteiger partial charge in [-0.15, -0.1) is 0 Å². The summed E-state index contributed by atoms with van der Waals surface area (Å²) in [6.45, 7) is 31.3. The van der Waals surface area contributed by atoms with Crippen LogP contribution in [0.25, 0.3) is 5.70 Å². The van der Waals surface area contributed by atoms with Gasteiger partial charge in [0.15, 0.2) is 0 Å². The molecule has 256 valence electrons. The molecule has 1 aromatic heterocycles. The average Bonchev–Trinajstić information content (AvgIpc) is 3.60. The Balaban J connectivity index is 0.00000294. The van der Waals surface area contributed by atoms with Crippen LogP contribution in [0.15, 0.2) is 102 Å². The van der Waals surface area contributed by atoms with Crippen molar-refractivity contribution in [1.82, 2.24) is 25.5 Å². The van der Waals surface area contributed by atoms with Gasteiger partial charge in [-0.3, -0.25) is 5.43 Å². The molecule has 0 unspecified atom stereocenters. The van der Waals surface area contributed by atoms with Gasteiger partial charge in [-0.1, -0.05) is 83.9 Å². The summed E-state index contributed by atoms with van der Waals surface area (Å²) < 4.78 is 0. The van der Waals surface area contributed by atoms with E-state index in [4.69, 9.17) is 5.10 Å². The van der Waals surface area contributed by atoms with Crippen LogP contribution in [-0.2, 0) is 0 Å². The second kappa shape index (κ2) is 18.0. The van der Waals surface area contributed by atoms with Crippen molar-refractivity contribution >= 4 is 11.4 Å². The zero-order valence-corrected chi connectivity index (χ0v) is 30.7. The van der Waals surface area contributed by atoms with Crippen molar-refractivity contribution in [1.29, 1.82) is 0 Å². The van der Waals surface area contributed by atoms with E-state index in [0.717, 1.165) is 83.7 Å². The second-order valence-electron chi connectivity index (χ2n) is 13.3. The summed E-state index contributed by atoms with van der Waals surface area (Å²) in [5.41, 5.74) is 14.0. The molecule has 4 rings (SSSR count). The van der Waals surface area contributed by atoms with Crippen LogP contribution < -0.4 is 10.7 Å². The molecule has 0 bridgehead atoms. The quantitative estimate of drug-likeness (QED) is 0.200. The maximum Gasteiger partial charge on any atom is 0.112 e. The molecule has 47 heavy (non-hydrogen) atoms. The van der Waals surface area contributed by atoms with E-state index in [1.165, 1.54) is 43.4 Å². The number of nitrogens with zero attached hydrogens (tertiary/aromatic N) is 3. The minimum atomic E-state index is -0.337. The number of aryl methyl sites for hydroxylation is 1. The molecule has 3 heterocycles. The average molecular weight is 639 g/mol. The fourth-order valence-electron chi connectivity index (χ4n) is 6.67. The summed E-state index contributed by atoms with van der Waals surface area (Å²) in [5.74, 6) is 0.735. The third kappa shape index (κ3) is 9.87. The molecule has 2 fully saturated rings. The highest BCUT2D eigenvalue weighted by Gasteiger charge is 2.34. The molecular weight excluding hydrogens is 576 g/mol. The van der Waals surface area contributed by atoms with E-state index in [0.29, 0.717) is 0 Å². The van der Waals surface area contributed by atoms with Gasteiger partial charge in [-0.25, -0.2) is 0 Å². The molecule has 0 amide bonds. The van der Waals surface area contributed by atoms with Crippen molar-refractivity contribution < 1.29 is 0 Å². The summed E-state index contributed by atoms with van der Waals surface area (Å²) >= 11 is 0. The lowest BCUT2D eigenvalue weighted by molar-refractivity contribution is 0.207. The lowest BCUT2D eigenvalue weighted by atomic mass is 9.86. The second-order valence-corrected chi connectivity index (χ2v) is 13.3. The number of hydrogen-bond acceptors (Lipinski definition) is 5. The van der Waals surface area contributed by atoms with Gasteiger partial charge in [-0.05, 0) is 95.5 Å². The summed E-state index contributed by atoms with van der Waals surface area (Å²) in [5, 5.41) is 8.43.